The van der Waals surface area contributed by atoms with E-state index in [9.17, 15) is 22.0 Å². The van der Waals surface area contributed by atoms with Gasteiger partial charge in [0.15, 0.2) is 5.82 Å². The van der Waals surface area contributed by atoms with E-state index in [-0.39, 0.29) is 11.0 Å². The summed E-state index contributed by atoms with van der Waals surface area (Å²) >= 11 is 11.3. The van der Waals surface area contributed by atoms with E-state index in [4.69, 9.17) is 23.2 Å². The van der Waals surface area contributed by atoms with Gasteiger partial charge in [0.2, 0.25) is 0 Å². The van der Waals surface area contributed by atoms with Crippen molar-refractivity contribution in [3.63, 3.8) is 0 Å². The molecule has 0 unspecified atom stereocenters. The number of halogens is 7. The van der Waals surface area contributed by atoms with Crippen LogP contribution in [-0.2, 0) is 6.18 Å². The second-order valence-electron chi connectivity index (χ2n) is 3.63. The van der Waals surface area contributed by atoms with Crippen molar-refractivity contribution in [2.24, 2.45) is 0 Å². The minimum atomic E-state index is -4.61. The first-order chi connectivity index (χ1) is 9.20. The molecule has 0 spiro atoms. The summed E-state index contributed by atoms with van der Waals surface area (Å²) in [4.78, 5) is 3.47. The second kappa shape index (κ2) is 5.17. The molecule has 2 rings (SSSR count). The van der Waals surface area contributed by atoms with Gasteiger partial charge in [0, 0.05) is 12.3 Å². The largest absolute Gasteiger partial charge is 0.417 e. The fourth-order valence-electron chi connectivity index (χ4n) is 1.37. The molecule has 3 nitrogen and oxygen atoms in total. The zero-order valence-electron chi connectivity index (χ0n) is 9.30. The highest BCUT2D eigenvalue weighted by Gasteiger charge is 2.32. The predicted molar refractivity (Wildman–Crippen MR) is 61.3 cm³/mol. The normalized spacial score (nSPS) is 12.2. The Bertz CT molecular complexity index is 638. The Labute approximate surface area is 118 Å². The van der Waals surface area contributed by atoms with Crippen LogP contribution in [0, 0.1) is 0 Å². The number of nitrogens with zero attached hydrogens (tertiary/aromatic N) is 3. The number of pyridine rings is 1. The summed E-state index contributed by atoms with van der Waals surface area (Å²) in [6.45, 7) is 0. The Morgan fingerprint density at radius 1 is 1.15 bits per heavy atom. The molecule has 2 aromatic rings. The molecule has 0 aromatic carbocycles. The maximum absolute atomic E-state index is 12.5. The van der Waals surface area contributed by atoms with Crippen LogP contribution >= 0.6 is 23.2 Å². The first-order valence-corrected chi connectivity index (χ1v) is 5.72. The van der Waals surface area contributed by atoms with Gasteiger partial charge in [-0.15, -0.1) is 0 Å². The van der Waals surface area contributed by atoms with Crippen LogP contribution in [0.15, 0.2) is 18.3 Å². The van der Waals surface area contributed by atoms with Gasteiger partial charge < -0.3 is 0 Å². The van der Waals surface area contributed by atoms with Crippen LogP contribution in [-0.4, -0.2) is 14.8 Å². The number of hydrogen-bond donors (Lipinski definition) is 0. The van der Waals surface area contributed by atoms with Crippen molar-refractivity contribution in [1.82, 2.24) is 14.8 Å². The SMILES string of the molecule is FC(F)c1cc(Cl)n(-c2ncc(C(F)(F)F)cc2Cl)n1. The summed E-state index contributed by atoms with van der Waals surface area (Å²) in [6.07, 6.45) is -6.97. The van der Waals surface area contributed by atoms with E-state index in [1.807, 2.05) is 0 Å². The lowest BCUT2D eigenvalue weighted by Crippen LogP contribution is -2.08. The summed E-state index contributed by atoms with van der Waals surface area (Å²) in [5.74, 6) is -0.267. The Morgan fingerprint density at radius 3 is 2.25 bits per heavy atom. The Kier molecular flexibility index (Phi) is 3.88. The van der Waals surface area contributed by atoms with Crippen molar-refractivity contribution >= 4 is 23.2 Å². The fourth-order valence-corrected chi connectivity index (χ4v) is 1.85. The van der Waals surface area contributed by atoms with Gasteiger partial charge in [-0.2, -0.15) is 18.3 Å². The highest BCUT2D eigenvalue weighted by atomic mass is 35.5. The van der Waals surface area contributed by atoms with E-state index in [1.165, 1.54) is 0 Å². The van der Waals surface area contributed by atoms with Crippen LogP contribution in [0.2, 0.25) is 10.2 Å². The summed E-state index contributed by atoms with van der Waals surface area (Å²) in [7, 11) is 0. The maximum Gasteiger partial charge on any atom is 0.417 e. The Hall–Kier alpha value is -1.41. The van der Waals surface area contributed by atoms with Crippen LogP contribution in [0.3, 0.4) is 0 Å². The van der Waals surface area contributed by atoms with Crippen molar-refractivity contribution in [2.75, 3.05) is 0 Å². The third-order valence-corrected chi connectivity index (χ3v) is 2.81. The van der Waals surface area contributed by atoms with Gasteiger partial charge in [-0.05, 0) is 6.07 Å². The zero-order valence-corrected chi connectivity index (χ0v) is 10.8. The van der Waals surface area contributed by atoms with E-state index in [2.05, 4.69) is 10.1 Å². The molecular weight excluding hydrogens is 328 g/mol. The first kappa shape index (κ1) is 15.0. The highest BCUT2D eigenvalue weighted by molar-refractivity contribution is 6.33. The molecule has 0 saturated heterocycles. The van der Waals surface area contributed by atoms with Crippen LogP contribution in [0.25, 0.3) is 5.82 Å². The van der Waals surface area contributed by atoms with E-state index in [1.54, 1.807) is 0 Å². The molecule has 0 N–H and O–H groups in total. The van der Waals surface area contributed by atoms with Crippen LogP contribution in [0.4, 0.5) is 22.0 Å². The Balaban J connectivity index is 2.49. The number of rotatable bonds is 2. The topological polar surface area (TPSA) is 30.7 Å². The van der Waals surface area contributed by atoms with Gasteiger partial charge >= 0.3 is 6.18 Å². The van der Waals surface area contributed by atoms with Gasteiger partial charge in [0.1, 0.15) is 10.8 Å². The molecule has 0 atom stereocenters. The van der Waals surface area contributed by atoms with Crippen molar-refractivity contribution in [3.05, 3.63) is 39.8 Å². The molecule has 2 heterocycles. The summed E-state index contributed by atoms with van der Waals surface area (Å²) in [5, 5.41) is 2.79. The Morgan fingerprint density at radius 2 is 1.80 bits per heavy atom. The molecule has 0 radical (unpaired) electrons. The molecular formula is C10H4Cl2F5N3. The number of aromatic nitrogens is 3. The summed E-state index contributed by atoms with van der Waals surface area (Å²) in [5.41, 5.74) is -1.70. The smallest absolute Gasteiger partial charge is 0.235 e. The molecule has 10 heteroatoms. The van der Waals surface area contributed by atoms with Gasteiger partial charge in [-0.25, -0.2) is 18.4 Å². The van der Waals surface area contributed by atoms with Crippen molar-refractivity contribution in [1.29, 1.82) is 0 Å². The third kappa shape index (κ3) is 2.85. The van der Waals surface area contributed by atoms with Gasteiger partial charge in [0.25, 0.3) is 6.43 Å². The van der Waals surface area contributed by atoms with Gasteiger partial charge in [0.05, 0.1) is 10.6 Å². The fraction of sp³-hybridized carbons (Fsp3) is 0.200. The van der Waals surface area contributed by atoms with Crippen LogP contribution < -0.4 is 0 Å². The molecule has 0 fully saturated rings. The van der Waals surface area contributed by atoms with E-state index in [0.29, 0.717) is 12.3 Å². The number of hydrogen-bond acceptors (Lipinski definition) is 2. The lowest BCUT2D eigenvalue weighted by atomic mass is 10.3. The molecule has 0 bridgehead atoms. The van der Waals surface area contributed by atoms with Crippen LogP contribution in [0.1, 0.15) is 17.7 Å². The van der Waals surface area contributed by atoms with E-state index in [0.717, 1.165) is 10.7 Å². The minimum Gasteiger partial charge on any atom is -0.235 e. The monoisotopic (exact) mass is 331 g/mol. The molecule has 0 amide bonds. The second-order valence-corrected chi connectivity index (χ2v) is 4.43. The van der Waals surface area contributed by atoms with Crippen molar-refractivity contribution in [3.8, 4) is 5.82 Å². The summed E-state index contributed by atoms with van der Waals surface area (Å²) < 4.78 is 63.0. The zero-order chi connectivity index (χ0) is 15.1. The summed E-state index contributed by atoms with van der Waals surface area (Å²) in [6, 6.07) is 1.49. The maximum atomic E-state index is 12.5. The molecule has 0 saturated carbocycles. The lowest BCUT2D eigenvalue weighted by Gasteiger charge is -2.09. The lowest BCUT2D eigenvalue weighted by molar-refractivity contribution is -0.137. The predicted octanol–water partition coefficient (Wildman–Crippen LogP) is 4.53. The van der Waals surface area contributed by atoms with Crippen LogP contribution in [0.5, 0.6) is 0 Å². The average Bonchev–Trinajstić information content (AvgIpc) is 2.70. The molecule has 20 heavy (non-hydrogen) atoms. The van der Waals surface area contributed by atoms with E-state index >= 15 is 0 Å². The average molecular weight is 332 g/mol. The van der Waals surface area contributed by atoms with E-state index < -0.39 is 28.9 Å². The third-order valence-electron chi connectivity index (χ3n) is 2.26. The number of alkyl halides is 5. The molecule has 108 valence electrons. The standard InChI is InChI=1S/C10H4Cl2F5N3/c11-5-1-4(10(15,16)17)3-18-9(5)20-7(12)2-6(19-20)8(13)14/h1-3,8H. The molecule has 0 aliphatic rings. The van der Waals surface area contributed by atoms with Crippen molar-refractivity contribution in [2.45, 2.75) is 12.6 Å². The first-order valence-electron chi connectivity index (χ1n) is 4.97. The molecule has 0 aliphatic carbocycles. The quantitative estimate of drug-likeness (QED) is 0.757. The molecule has 0 aliphatic heterocycles. The highest BCUT2D eigenvalue weighted by Crippen LogP contribution is 2.33. The van der Waals surface area contributed by atoms with Gasteiger partial charge in [-0.1, -0.05) is 23.2 Å². The van der Waals surface area contributed by atoms with Crippen molar-refractivity contribution < 1.29 is 22.0 Å². The van der Waals surface area contributed by atoms with Gasteiger partial charge in [-0.3, -0.25) is 0 Å². The minimum absolute atomic E-state index is 0.241. The molecule has 2 aromatic heterocycles.